The minimum Gasteiger partial charge on any atom is -0.325 e. The molecule has 1 amide bonds. The Bertz CT molecular complexity index is 1220. The number of sulfonamides is 1. The van der Waals surface area contributed by atoms with Crippen molar-refractivity contribution in [3.05, 3.63) is 78.2 Å². The first kappa shape index (κ1) is 20.0. The maximum absolute atomic E-state index is 13.8. The molecule has 1 aliphatic rings. The number of carbonyl (C=O) groups excluding carboxylic acids is 1. The minimum absolute atomic E-state index is 0.0378. The lowest BCUT2D eigenvalue weighted by Gasteiger charge is -2.36. The van der Waals surface area contributed by atoms with Crippen LogP contribution in [0.2, 0.25) is 0 Å². The van der Waals surface area contributed by atoms with Gasteiger partial charge < -0.3 is 10.2 Å². The normalized spacial score (nSPS) is 15.5. The Labute approximate surface area is 173 Å². The van der Waals surface area contributed by atoms with E-state index in [0.717, 1.165) is 9.87 Å². The monoisotopic (exact) mass is 426 g/mol. The number of para-hydroxylation sites is 1. The van der Waals surface area contributed by atoms with E-state index in [0.29, 0.717) is 11.4 Å². The number of fused-ring (bicyclic) bond motifs is 1. The predicted molar refractivity (Wildman–Crippen MR) is 111 cm³/mol. The summed E-state index contributed by atoms with van der Waals surface area (Å²) in [5.41, 5.74) is 1.92. The molecule has 4 rings (SSSR count). The molecule has 0 atom stereocenters. The molecular formula is C21H19FN4O3S. The maximum Gasteiger partial charge on any atom is 0.248 e. The van der Waals surface area contributed by atoms with Crippen LogP contribution in [0.1, 0.15) is 5.56 Å². The van der Waals surface area contributed by atoms with Crippen molar-refractivity contribution in [1.82, 2.24) is 9.29 Å². The molecule has 7 nitrogen and oxygen atoms in total. The van der Waals surface area contributed by atoms with Crippen LogP contribution in [0, 0.1) is 12.7 Å². The van der Waals surface area contributed by atoms with Gasteiger partial charge in [-0.25, -0.2) is 17.8 Å². The van der Waals surface area contributed by atoms with Gasteiger partial charge in [-0.15, -0.1) is 0 Å². The SMILES string of the molecule is Cc1ccccc1NC(=O)CN1CN(c2cccc(F)c2)c2ncccc2S1(=O)=O. The van der Waals surface area contributed by atoms with Crippen LogP contribution < -0.4 is 10.2 Å². The molecule has 0 saturated heterocycles. The van der Waals surface area contributed by atoms with Crippen molar-refractivity contribution in [2.75, 3.05) is 23.4 Å². The summed E-state index contributed by atoms with van der Waals surface area (Å²) >= 11 is 0. The van der Waals surface area contributed by atoms with Crippen molar-refractivity contribution in [3.63, 3.8) is 0 Å². The molecule has 154 valence electrons. The minimum atomic E-state index is -3.96. The number of aromatic nitrogens is 1. The first-order valence-corrected chi connectivity index (χ1v) is 10.6. The lowest BCUT2D eigenvalue weighted by molar-refractivity contribution is -0.116. The lowest BCUT2D eigenvalue weighted by atomic mass is 10.2. The van der Waals surface area contributed by atoms with Crippen LogP contribution in [-0.2, 0) is 14.8 Å². The van der Waals surface area contributed by atoms with E-state index in [-0.39, 0.29) is 17.4 Å². The maximum atomic E-state index is 13.8. The molecule has 2 heterocycles. The third kappa shape index (κ3) is 3.77. The molecule has 0 fully saturated rings. The Morgan fingerprint density at radius 1 is 1.13 bits per heavy atom. The number of hydrogen-bond acceptors (Lipinski definition) is 5. The highest BCUT2D eigenvalue weighted by atomic mass is 32.2. The predicted octanol–water partition coefficient (Wildman–Crippen LogP) is 3.27. The molecular weight excluding hydrogens is 407 g/mol. The van der Waals surface area contributed by atoms with Gasteiger partial charge in [-0.2, -0.15) is 4.31 Å². The summed E-state index contributed by atoms with van der Waals surface area (Å²) in [4.78, 5) is 18.3. The van der Waals surface area contributed by atoms with Crippen molar-refractivity contribution in [2.45, 2.75) is 11.8 Å². The fourth-order valence-electron chi connectivity index (χ4n) is 3.27. The molecule has 1 aromatic heterocycles. The Morgan fingerprint density at radius 3 is 2.70 bits per heavy atom. The lowest BCUT2D eigenvalue weighted by Crippen LogP contribution is -2.47. The van der Waals surface area contributed by atoms with Gasteiger partial charge in [0.15, 0.2) is 5.82 Å². The number of carbonyl (C=O) groups is 1. The molecule has 0 unspecified atom stereocenters. The molecule has 0 bridgehead atoms. The van der Waals surface area contributed by atoms with Crippen molar-refractivity contribution >= 4 is 33.1 Å². The second-order valence-electron chi connectivity index (χ2n) is 6.85. The Kier molecular flexibility index (Phi) is 5.23. The number of halogens is 1. The zero-order valence-corrected chi connectivity index (χ0v) is 16.9. The van der Waals surface area contributed by atoms with Gasteiger partial charge in [-0.3, -0.25) is 4.79 Å². The number of pyridine rings is 1. The van der Waals surface area contributed by atoms with E-state index >= 15 is 0 Å². The van der Waals surface area contributed by atoms with Gasteiger partial charge in [0.25, 0.3) is 0 Å². The molecule has 1 aliphatic heterocycles. The highest BCUT2D eigenvalue weighted by Gasteiger charge is 2.38. The van der Waals surface area contributed by atoms with Gasteiger partial charge >= 0.3 is 0 Å². The van der Waals surface area contributed by atoms with Gasteiger partial charge in [0.1, 0.15) is 10.7 Å². The van der Waals surface area contributed by atoms with Crippen LogP contribution in [0.25, 0.3) is 0 Å². The largest absolute Gasteiger partial charge is 0.325 e. The van der Waals surface area contributed by atoms with Gasteiger partial charge in [0, 0.05) is 17.6 Å². The molecule has 0 radical (unpaired) electrons. The van der Waals surface area contributed by atoms with Gasteiger partial charge in [0.05, 0.1) is 13.2 Å². The molecule has 0 spiro atoms. The summed E-state index contributed by atoms with van der Waals surface area (Å²) in [7, 11) is -3.96. The van der Waals surface area contributed by atoms with E-state index in [2.05, 4.69) is 10.3 Å². The van der Waals surface area contributed by atoms with Gasteiger partial charge in [-0.1, -0.05) is 24.3 Å². The van der Waals surface area contributed by atoms with E-state index in [1.54, 1.807) is 23.1 Å². The number of nitrogens with zero attached hydrogens (tertiary/aromatic N) is 3. The van der Waals surface area contributed by atoms with E-state index in [9.17, 15) is 17.6 Å². The zero-order valence-electron chi connectivity index (χ0n) is 16.1. The van der Waals surface area contributed by atoms with E-state index < -0.39 is 28.3 Å². The highest BCUT2D eigenvalue weighted by molar-refractivity contribution is 7.89. The topological polar surface area (TPSA) is 82.6 Å². The fourth-order valence-corrected chi connectivity index (χ4v) is 4.75. The highest BCUT2D eigenvalue weighted by Crippen LogP contribution is 2.36. The quantitative estimate of drug-likeness (QED) is 0.692. The van der Waals surface area contributed by atoms with E-state index in [1.807, 2.05) is 19.1 Å². The first-order valence-electron chi connectivity index (χ1n) is 9.20. The summed E-state index contributed by atoms with van der Waals surface area (Å²) in [6.45, 7) is 1.29. The van der Waals surface area contributed by atoms with Crippen LogP contribution in [0.5, 0.6) is 0 Å². The van der Waals surface area contributed by atoms with E-state index in [1.165, 1.54) is 36.5 Å². The second-order valence-corrected chi connectivity index (χ2v) is 8.76. The standard InChI is InChI=1S/C21H19FN4O3S/c1-15-6-2-3-9-18(15)24-20(27)13-25-14-26(17-8-4-7-16(22)12-17)21-19(30(25,28)29)10-5-11-23-21/h2-12H,13-14H2,1H3,(H,24,27). The van der Waals surface area contributed by atoms with Crippen LogP contribution >= 0.6 is 0 Å². The molecule has 2 aromatic carbocycles. The molecule has 0 aliphatic carbocycles. The summed E-state index contributed by atoms with van der Waals surface area (Å²) in [5.74, 6) is -0.736. The van der Waals surface area contributed by atoms with Crippen LogP contribution in [0.4, 0.5) is 21.6 Å². The third-order valence-corrected chi connectivity index (χ3v) is 6.58. The van der Waals surface area contributed by atoms with Crippen molar-refractivity contribution < 1.29 is 17.6 Å². The number of amides is 1. The van der Waals surface area contributed by atoms with Crippen molar-refractivity contribution in [3.8, 4) is 0 Å². The smallest absolute Gasteiger partial charge is 0.248 e. The summed E-state index contributed by atoms with van der Waals surface area (Å²) in [6, 6.07) is 16.0. The number of nitrogens with one attached hydrogen (secondary N) is 1. The third-order valence-electron chi connectivity index (χ3n) is 4.78. The summed E-state index contributed by atoms with van der Waals surface area (Å²) < 4.78 is 41.1. The molecule has 30 heavy (non-hydrogen) atoms. The van der Waals surface area contributed by atoms with Gasteiger partial charge in [0.2, 0.25) is 15.9 Å². The van der Waals surface area contributed by atoms with Crippen LogP contribution in [-0.4, -0.2) is 36.8 Å². The molecule has 3 aromatic rings. The Morgan fingerprint density at radius 2 is 1.93 bits per heavy atom. The van der Waals surface area contributed by atoms with E-state index in [4.69, 9.17) is 0 Å². The second kappa shape index (κ2) is 7.85. The zero-order chi connectivity index (χ0) is 21.3. The molecule has 9 heteroatoms. The van der Waals surface area contributed by atoms with Crippen molar-refractivity contribution in [1.29, 1.82) is 0 Å². The first-order chi connectivity index (χ1) is 14.4. The molecule has 1 N–H and O–H groups in total. The van der Waals surface area contributed by atoms with Crippen LogP contribution in [0.3, 0.4) is 0 Å². The van der Waals surface area contributed by atoms with Crippen LogP contribution in [0.15, 0.2) is 71.8 Å². The Balaban J connectivity index is 1.67. The fraction of sp³-hybridized carbons (Fsp3) is 0.143. The van der Waals surface area contributed by atoms with Crippen molar-refractivity contribution in [2.24, 2.45) is 0 Å². The number of rotatable bonds is 4. The number of benzene rings is 2. The number of aryl methyl sites for hydroxylation is 1. The number of hydrogen-bond donors (Lipinski definition) is 1. The summed E-state index contributed by atoms with van der Waals surface area (Å²) in [5, 5.41) is 2.74. The average Bonchev–Trinajstić information content (AvgIpc) is 2.72. The number of anilines is 3. The molecule has 0 saturated carbocycles. The average molecular weight is 426 g/mol. The Hall–Kier alpha value is -3.30. The summed E-state index contributed by atoms with van der Waals surface area (Å²) in [6.07, 6.45) is 1.47. The van der Waals surface area contributed by atoms with Gasteiger partial charge in [-0.05, 0) is 48.9 Å².